The zero-order valence-corrected chi connectivity index (χ0v) is 10.9. The highest BCUT2D eigenvalue weighted by Crippen LogP contribution is 2.20. The Hall–Kier alpha value is -1.71. The molecule has 0 aliphatic carbocycles. The van der Waals surface area contributed by atoms with Crippen LogP contribution in [0.15, 0.2) is 24.3 Å². The standard InChI is InChI=1S/C13H16O8/c14-7-3-1-6(2-4-7)12(18)20-5-8-9(15)10(16)11(17)13(19)21-8/h1-4,8-11,13-17,19H,5H2/t8-,9-,10+,11-,13?/m1/s1. The summed E-state index contributed by atoms with van der Waals surface area (Å²) in [7, 11) is 0. The number of aliphatic hydroxyl groups is 4. The summed E-state index contributed by atoms with van der Waals surface area (Å²) in [6.07, 6.45) is -7.59. The third-order valence-electron chi connectivity index (χ3n) is 3.17. The Morgan fingerprint density at radius 2 is 1.67 bits per heavy atom. The van der Waals surface area contributed by atoms with Crippen molar-refractivity contribution in [3.63, 3.8) is 0 Å². The fourth-order valence-corrected chi connectivity index (χ4v) is 1.91. The molecule has 1 saturated heterocycles. The predicted octanol–water partition coefficient (Wildman–Crippen LogP) is -1.65. The molecule has 0 saturated carbocycles. The summed E-state index contributed by atoms with van der Waals surface area (Å²) in [5.74, 6) is -0.723. The van der Waals surface area contributed by atoms with Crippen LogP contribution in [0.5, 0.6) is 5.75 Å². The third-order valence-corrected chi connectivity index (χ3v) is 3.17. The number of aliphatic hydroxyl groups excluding tert-OH is 4. The molecule has 0 bridgehead atoms. The van der Waals surface area contributed by atoms with Crippen molar-refractivity contribution in [1.82, 2.24) is 0 Å². The molecule has 21 heavy (non-hydrogen) atoms. The van der Waals surface area contributed by atoms with Gasteiger partial charge in [0.25, 0.3) is 0 Å². The van der Waals surface area contributed by atoms with Crippen LogP contribution in [0, 0.1) is 0 Å². The van der Waals surface area contributed by atoms with Crippen LogP contribution in [0.4, 0.5) is 0 Å². The second kappa shape index (κ2) is 6.37. The SMILES string of the molecule is O=C(OC[C@H]1OC(O)[C@H](O)[C@@H](O)[C@@H]1O)c1ccc(O)cc1. The van der Waals surface area contributed by atoms with Crippen molar-refractivity contribution in [2.45, 2.75) is 30.7 Å². The van der Waals surface area contributed by atoms with E-state index in [2.05, 4.69) is 0 Å². The summed E-state index contributed by atoms with van der Waals surface area (Å²) < 4.78 is 9.77. The lowest BCUT2D eigenvalue weighted by Crippen LogP contribution is -2.58. The van der Waals surface area contributed by atoms with Crippen LogP contribution in [0.2, 0.25) is 0 Å². The number of phenols is 1. The molecule has 0 spiro atoms. The molecule has 1 aromatic rings. The number of ether oxygens (including phenoxy) is 2. The molecule has 1 aromatic carbocycles. The number of hydrogen-bond acceptors (Lipinski definition) is 8. The summed E-state index contributed by atoms with van der Waals surface area (Å²) in [5.41, 5.74) is 0.180. The Labute approximate surface area is 119 Å². The van der Waals surface area contributed by atoms with Gasteiger partial charge in [-0.15, -0.1) is 0 Å². The predicted molar refractivity (Wildman–Crippen MR) is 67.3 cm³/mol. The molecule has 5 N–H and O–H groups in total. The van der Waals surface area contributed by atoms with E-state index in [1.807, 2.05) is 0 Å². The monoisotopic (exact) mass is 300 g/mol. The Morgan fingerprint density at radius 1 is 1.05 bits per heavy atom. The average molecular weight is 300 g/mol. The van der Waals surface area contributed by atoms with Gasteiger partial charge in [-0.2, -0.15) is 0 Å². The van der Waals surface area contributed by atoms with Crippen molar-refractivity contribution in [3.05, 3.63) is 29.8 Å². The van der Waals surface area contributed by atoms with Gasteiger partial charge < -0.3 is 35.0 Å². The lowest BCUT2D eigenvalue weighted by Gasteiger charge is -2.37. The highest BCUT2D eigenvalue weighted by atomic mass is 16.6. The minimum Gasteiger partial charge on any atom is -0.508 e. The summed E-state index contributed by atoms with van der Waals surface area (Å²) in [5, 5.41) is 46.9. The Balaban J connectivity index is 1.93. The smallest absolute Gasteiger partial charge is 0.338 e. The van der Waals surface area contributed by atoms with E-state index in [-0.39, 0.29) is 11.3 Å². The molecular weight excluding hydrogens is 284 g/mol. The number of rotatable bonds is 3. The van der Waals surface area contributed by atoms with E-state index >= 15 is 0 Å². The lowest BCUT2D eigenvalue weighted by atomic mass is 9.99. The van der Waals surface area contributed by atoms with Crippen molar-refractivity contribution >= 4 is 5.97 Å². The number of carbonyl (C=O) groups excluding carboxylic acids is 1. The van der Waals surface area contributed by atoms with Crippen molar-refractivity contribution < 1.29 is 39.8 Å². The number of benzene rings is 1. The first-order chi connectivity index (χ1) is 9.90. The van der Waals surface area contributed by atoms with Crippen LogP contribution in [0.3, 0.4) is 0 Å². The molecule has 0 radical (unpaired) electrons. The van der Waals surface area contributed by atoms with Crippen molar-refractivity contribution in [2.75, 3.05) is 6.61 Å². The highest BCUT2D eigenvalue weighted by molar-refractivity contribution is 5.89. The van der Waals surface area contributed by atoms with Crippen LogP contribution >= 0.6 is 0 Å². The quantitative estimate of drug-likeness (QED) is 0.419. The van der Waals surface area contributed by atoms with E-state index in [0.717, 1.165) is 0 Å². The molecule has 8 nitrogen and oxygen atoms in total. The topological polar surface area (TPSA) is 137 Å². The highest BCUT2D eigenvalue weighted by Gasteiger charge is 2.43. The molecule has 116 valence electrons. The fourth-order valence-electron chi connectivity index (χ4n) is 1.91. The zero-order chi connectivity index (χ0) is 15.6. The Kier molecular flexibility index (Phi) is 4.76. The first-order valence-corrected chi connectivity index (χ1v) is 6.24. The van der Waals surface area contributed by atoms with E-state index in [4.69, 9.17) is 14.6 Å². The number of phenolic OH excluding ortho intramolecular Hbond substituents is 1. The molecule has 5 atom stereocenters. The molecule has 1 aliphatic heterocycles. The van der Waals surface area contributed by atoms with Gasteiger partial charge in [-0.05, 0) is 24.3 Å². The van der Waals surface area contributed by atoms with Gasteiger partial charge in [0.1, 0.15) is 36.8 Å². The van der Waals surface area contributed by atoms with Crippen LogP contribution in [-0.4, -0.2) is 68.8 Å². The zero-order valence-electron chi connectivity index (χ0n) is 10.9. The summed E-state index contributed by atoms with van der Waals surface area (Å²) in [6, 6.07) is 5.32. The largest absolute Gasteiger partial charge is 0.508 e. The van der Waals surface area contributed by atoms with Gasteiger partial charge in [-0.25, -0.2) is 4.79 Å². The van der Waals surface area contributed by atoms with Gasteiger partial charge >= 0.3 is 5.97 Å². The maximum atomic E-state index is 11.7. The number of esters is 1. The lowest BCUT2D eigenvalue weighted by molar-refractivity contribution is -0.286. The maximum absolute atomic E-state index is 11.7. The second-order valence-electron chi connectivity index (χ2n) is 4.68. The van der Waals surface area contributed by atoms with E-state index in [1.54, 1.807) is 0 Å². The van der Waals surface area contributed by atoms with Crippen LogP contribution in [0.1, 0.15) is 10.4 Å². The van der Waals surface area contributed by atoms with Gasteiger partial charge in [0.15, 0.2) is 6.29 Å². The number of aromatic hydroxyl groups is 1. The molecular formula is C13H16O8. The van der Waals surface area contributed by atoms with E-state index in [0.29, 0.717) is 0 Å². The van der Waals surface area contributed by atoms with E-state index in [9.17, 15) is 25.2 Å². The van der Waals surface area contributed by atoms with Gasteiger partial charge in [-0.3, -0.25) is 0 Å². The van der Waals surface area contributed by atoms with Crippen LogP contribution in [0.25, 0.3) is 0 Å². The van der Waals surface area contributed by atoms with Crippen molar-refractivity contribution in [2.24, 2.45) is 0 Å². The van der Waals surface area contributed by atoms with Gasteiger partial charge in [0, 0.05) is 0 Å². The molecule has 1 fully saturated rings. The number of carbonyl (C=O) groups is 1. The molecule has 0 aromatic heterocycles. The third kappa shape index (κ3) is 3.49. The molecule has 1 unspecified atom stereocenters. The Bertz CT molecular complexity index is 487. The minimum atomic E-state index is -1.68. The van der Waals surface area contributed by atoms with Gasteiger partial charge in [-0.1, -0.05) is 0 Å². The normalized spacial score (nSPS) is 32.7. The van der Waals surface area contributed by atoms with Gasteiger partial charge in [0.2, 0.25) is 0 Å². The van der Waals surface area contributed by atoms with Crippen molar-refractivity contribution in [1.29, 1.82) is 0 Å². The molecule has 1 heterocycles. The Morgan fingerprint density at radius 3 is 2.29 bits per heavy atom. The molecule has 0 amide bonds. The first-order valence-electron chi connectivity index (χ1n) is 6.24. The number of hydrogen-bond donors (Lipinski definition) is 5. The molecule has 8 heteroatoms. The summed E-state index contributed by atoms with van der Waals surface area (Å²) in [4.78, 5) is 11.7. The van der Waals surface area contributed by atoms with Crippen molar-refractivity contribution in [3.8, 4) is 5.75 Å². The van der Waals surface area contributed by atoms with E-state index < -0.39 is 43.3 Å². The van der Waals surface area contributed by atoms with Gasteiger partial charge in [0.05, 0.1) is 5.56 Å². The average Bonchev–Trinajstić information content (AvgIpc) is 2.48. The second-order valence-corrected chi connectivity index (χ2v) is 4.68. The minimum absolute atomic E-state index is 0.00202. The molecule has 2 rings (SSSR count). The molecule has 1 aliphatic rings. The summed E-state index contributed by atoms with van der Waals surface area (Å²) >= 11 is 0. The maximum Gasteiger partial charge on any atom is 0.338 e. The summed E-state index contributed by atoms with van der Waals surface area (Å²) in [6.45, 7) is -0.415. The fraction of sp³-hybridized carbons (Fsp3) is 0.462. The van der Waals surface area contributed by atoms with Crippen LogP contribution < -0.4 is 0 Å². The van der Waals surface area contributed by atoms with E-state index in [1.165, 1.54) is 24.3 Å². The van der Waals surface area contributed by atoms with Crippen LogP contribution in [-0.2, 0) is 9.47 Å². The first kappa shape index (κ1) is 15.7.